The highest BCUT2D eigenvalue weighted by Crippen LogP contribution is 2.45. The Kier molecular flexibility index (Phi) is 5.50. The summed E-state index contributed by atoms with van der Waals surface area (Å²) in [6, 6.07) is 59.2. The van der Waals surface area contributed by atoms with Gasteiger partial charge in [-0.2, -0.15) is 0 Å². The Morgan fingerprint density at radius 2 is 0.806 bits per heavy atom. The second-order valence-electron chi connectivity index (χ2n) is 17.5. The first-order valence-electron chi connectivity index (χ1n) is 21.3. The molecule has 4 aliphatic heterocycles. The Morgan fingerprint density at radius 1 is 0.339 bits per heavy atom. The van der Waals surface area contributed by atoms with Crippen molar-refractivity contribution in [3.05, 3.63) is 158 Å². The van der Waals surface area contributed by atoms with E-state index in [1.54, 1.807) is 0 Å². The first-order chi connectivity index (χ1) is 30.7. The van der Waals surface area contributed by atoms with Crippen LogP contribution in [0.15, 0.2) is 186 Å². The van der Waals surface area contributed by atoms with Gasteiger partial charge in [0, 0.05) is 85.1 Å². The van der Waals surface area contributed by atoms with Crippen LogP contribution in [0.3, 0.4) is 0 Å². The van der Waals surface area contributed by atoms with E-state index in [4.69, 9.17) is 8.83 Å². The van der Waals surface area contributed by atoms with E-state index >= 15 is 0 Å². The van der Waals surface area contributed by atoms with Gasteiger partial charge in [-0.15, -0.1) is 0 Å². The highest BCUT2D eigenvalue weighted by atomic mass is 32.2. The molecule has 0 saturated heterocycles. The fourth-order valence-electron chi connectivity index (χ4n) is 12.2. The fourth-order valence-corrected chi connectivity index (χ4v) is 14.6. The maximum atomic E-state index is 6.42. The lowest BCUT2D eigenvalue weighted by Crippen LogP contribution is -2.58. The molecule has 8 heteroatoms. The molecular formula is C54H26B2N2O2S2. The number of rotatable bonds is 0. The number of furan rings is 2. The van der Waals surface area contributed by atoms with Crippen LogP contribution in [0.2, 0.25) is 0 Å². The third kappa shape index (κ3) is 3.62. The van der Waals surface area contributed by atoms with Crippen molar-refractivity contribution in [2.75, 3.05) is 0 Å². The Balaban J connectivity index is 0.954. The summed E-state index contributed by atoms with van der Waals surface area (Å²) in [4.78, 5) is 5.18. The molecule has 62 heavy (non-hydrogen) atoms. The molecule has 0 atom stereocenters. The summed E-state index contributed by atoms with van der Waals surface area (Å²) in [5.41, 5.74) is 19.7. The van der Waals surface area contributed by atoms with Crippen LogP contribution in [0.5, 0.6) is 0 Å². The summed E-state index contributed by atoms with van der Waals surface area (Å²) in [5, 5.41) is 9.91. The molecule has 4 aliphatic rings. The van der Waals surface area contributed by atoms with E-state index in [2.05, 4.69) is 167 Å². The minimum atomic E-state index is 0.114. The molecule has 0 bridgehead atoms. The van der Waals surface area contributed by atoms with Gasteiger partial charge in [0.2, 0.25) is 13.4 Å². The van der Waals surface area contributed by atoms with Crippen LogP contribution in [-0.2, 0) is 0 Å². The molecule has 0 N–H and O–H groups in total. The highest BCUT2D eigenvalue weighted by molar-refractivity contribution is 8.00. The van der Waals surface area contributed by atoms with Crippen molar-refractivity contribution in [1.82, 2.24) is 9.13 Å². The zero-order valence-corrected chi connectivity index (χ0v) is 34.3. The molecule has 8 heterocycles. The van der Waals surface area contributed by atoms with Crippen molar-refractivity contribution >= 4 is 157 Å². The van der Waals surface area contributed by atoms with Crippen LogP contribution in [0.1, 0.15) is 0 Å². The number of aromatic nitrogens is 2. The predicted molar refractivity (Wildman–Crippen MR) is 260 cm³/mol. The third-order valence-electron chi connectivity index (χ3n) is 14.6. The second-order valence-corrected chi connectivity index (χ2v) is 19.6. The zero-order chi connectivity index (χ0) is 39.7. The van der Waals surface area contributed by atoms with Crippen LogP contribution in [0.25, 0.3) is 98.9 Å². The summed E-state index contributed by atoms with van der Waals surface area (Å²) in [5.74, 6) is 0. The summed E-state index contributed by atoms with van der Waals surface area (Å²) in [6.07, 6.45) is 0. The van der Waals surface area contributed by atoms with E-state index in [-0.39, 0.29) is 13.4 Å². The first-order valence-corrected chi connectivity index (χ1v) is 22.9. The second kappa shape index (κ2) is 10.7. The maximum Gasteiger partial charge on any atom is 0.249 e. The molecule has 4 nitrogen and oxygen atoms in total. The lowest BCUT2D eigenvalue weighted by molar-refractivity contribution is 0.667. The Hall–Kier alpha value is -6.99. The summed E-state index contributed by atoms with van der Waals surface area (Å²) >= 11 is 3.76. The van der Waals surface area contributed by atoms with Gasteiger partial charge < -0.3 is 18.0 Å². The number of nitrogens with zero attached hydrogens (tertiary/aromatic N) is 2. The molecule has 17 rings (SSSR count). The van der Waals surface area contributed by atoms with Crippen LogP contribution < -0.4 is 32.8 Å². The van der Waals surface area contributed by atoms with Crippen LogP contribution in [-0.4, -0.2) is 22.6 Å². The van der Waals surface area contributed by atoms with Crippen molar-refractivity contribution in [3.8, 4) is 11.4 Å². The Labute approximate surface area is 361 Å². The first kappa shape index (κ1) is 31.8. The van der Waals surface area contributed by atoms with Gasteiger partial charge in [-0.3, -0.25) is 0 Å². The molecule has 0 fully saturated rings. The van der Waals surface area contributed by atoms with Gasteiger partial charge >= 0.3 is 0 Å². The third-order valence-corrected chi connectivity index (χ3v) is 16.9. The minimum Gasteiger partial charge on any atom is -0.456 e. The molecular weight excluding hydrogens is 794 g/mol. The molecule has 0 aliphatic carbocycles. The lowest BCUT2D eigenvalue weighted by atomic mass is 9.35. The average molecular weight is 821 g/mol. The van der Waals surface area contributed by atoms with Gasteiger partial charge in [-0.05, 0) is 82.5 Å². The molecule has 0 unspecified atom stereocenters. The smallest absolute Gasteiger partial charge is 0.249 e. The van der Waals surface area contributed by atoms with E-state index in [9.17, 15) is 0 Å². The minimum absolute atomic E-state index is 0.114. The number of hydrogen-bond acceptors (Lipinski definition) is 4. The van der Waals surface area contributed by atoms with E-state index in [0.717, 1.165) is 22.3 Å². The van der Waals surface area contributed by atoms with Gasteiger partial charge in [0.25, 0.3) is 0 Å². The van der Waals surface area contributed by atoms with Gasteiger partial charge in [-0.1, -0.05) is 132 Å². The molecule has 0 spiro atoms. The predicted octanol–water partition coefficient (Wildman–Crippen LogP) is 10.3. The van der Waals surface area contributed by atoms with Crippen molar-refractivity contribution < 1.29 is 8.83 Å². The van der Waals surface area contributed by atoms with Crippen LogP contribution in [0, 0.1) is 0 Å². The summed E-state index contributed by atoms with van der Waals surface area (Å²) in [7, 11) is 0. The Morgan fingerprint density at radius 3 is 1.32 bits per heavy atom. The van der Waals surface area contributed by atoms with Crippen molar-refractivity contribution in [2.24, 2.45) is 0 Å². The van der Waals surface area contributed by atoms with Crippen LogP contribution in [0.4, 0.5) is 0 Å². The van der Waals surface area contributed by atoms with Crippen molar-refractivity contribution in [3.63, 3.8) is 0 Å². The highest BCUT2D eigenvalue weighted by Gasteiger charge is 2.42. The standard InChI is InChI=1S/C54H26B2N2O2S2/c1-3-17-43-27(9-1)33-22-37-49(25-45(33)59-43)61-47-19-7-15-39-51(47)55(37)35-13-5-11-29-31-21-32-30-12-6-14-36-54(30)58(42(32)24-41(31)57(39)53(29)35)40-16-8-20-48-52(40)56(36)38-23-34-28-10-2-4-18-44(28)60-46(34)26-50(38)62-48/h1-26H. The van der Waals surface area contributed by atoms with E-state index in [1.165, 1.54) is 129 Å². The molecule has 9 aromatic carbocycles. The topological polar surface area (TPSA) is 36.1 Å². The van der Waals surface area contributed by atoms with Crippen molar-refractivity contribution in [2.45, 2.75) is 19.6 Å². The van der Waals surface area contributed by atoms with E-state index < -0.39 is 0 Å². The molecule has 0 radical (unpaired) electrons. The van der Waals surface area contributed by atoms with Gasteiger partial charge in [0.1, 0.15) is 22.3 Å². The number of benzene rings is 9. The Bertz CT molecular complexity index is 4050. The molecule has 0 saturated carbocycles. The maximum absolute atomic E-state index is 6.42. The monoisotopic (exact) mass is 820 g/mol. The van der Waals surface area contributed by atoms with Gasteiger partial charge in [-0.25, -0.2) is 0 Å². The normalized spacial score (nSPS) is 14.3. The molecule has 4 aromatic heterocycles. The summed E-state index contributed by atoms with van der Waals surface area (Å²) < 4.78 is 18.0. The van der Waals surface area contributed by atoms with Crippen molar-refractivity contribution in [1.29, 1.82) is 0 Å². The number of fused-ring (bicyclic) bond motifs is 20. The van der Waals surface area contributed by atoms with Gasteiger partial charge in [0.05, 0.1) is 11.0 Å². The largest absolute Gasteiger partial charge is 0.456 e. The summed E-state index contributed by atoms with van der Waals surface area (Å²) in [6.45, 7) is 0.227. The van der Waals surface area contributed by atoms with E-state index in [0.29, 0.717) is 0 Å². The lowest BCUT2D eigenvalue weighted by Gasteiger charge is -2.33. The molecule has 13 aromatic rings. The average Bonchev–Trinajstić information content (AvgIpc) is 4.05. The molecule has 282 valence electrons. The number of hydrogen-bond donors (Lipinski definition) is 0. The molecule has 0 amide bonds. The SMILES string of the molecule is c1cc2c3c(c1)-n1c4cc5c(cc4c4cccc(c41)B3c1cc3c(cc1S2)oc1ccccc13)c1cccc2c1n5-c1cccc3c1B2c1cc2c(cc1S3)oc1ccccc12. The fraction of sp³-hybridized carbons (Fsp3) is 0. The van der Waals surface area contributed by atoms with E-state index in [1.807, 2.05) is 23.5 Å². The number of para-hydroxylation sites is 4. The van der Waals surface area contributed by atoms with Crippen LogP contribution >= 0.6 is 23.5 Å². The zero-order valence-electron chi connectivity index (χ0n) is 32.7. The quantitative estimate of drug-likeness (QED) is 0.143. The van der Waals surface area contributed by atoms with Gasteiger partial charge in [0.15, 0.2) is 0 Å².